The standard InChI is InChI=1S/C21H28N2O2/c1-3-16-6-9-19(10-7-16)24-13-5-12-23-15-18(4-2)25-21-14-17(22)8-11-20(21)23/h6-11,14,18H,3-5,12-13,15,22H2,1-2H3. The summed E-state index contributed by atoms with van der Waals surface area (Å²) >= 11 is 0. The molecular formula is C21H28N2O2. The van der Waals surface area contributed by atoms with Crippen LogP contribution in [0.15, 0.2) is 42.5 Å². The SMILES string of the molecule is CCc1ccc(OCCCN2CC(CC)Oc3cc(N)ccc32)cc1. The Labute approximate surface area is 150 Å². The minimum Gasteiger partial charge on any atom is -0.494 e. The van der Waals surface area contributed by atoms with Crippen LogP contribution < -0.4 is 20.1 Å². The molecule has 2 aromatic rings. The number of nitrogen functional groups attached to an aromatic ring is 1. The van der Waals surface area contributed by atoms with E-state index in [2.05, 4.69) is 49.1 Å². The van der Waals surface area contributed by atoms with Crippen LogP contribution in [0.4, 0.5) is 11.4 Å². The minimum absolute atomic E-state index is 0.219. The lowest BCUT2D eigenvalue weighted by Crippen LogP contribution is -2.40. The third-order valence-corrected chi connectivity index (χ3v) is 4.67. The van der Waals surface area contributed by atoms with Gasteiger partial charge in [0.15, 0.2) is 0 Å². The Hall–Kier alpha value is -2.36. The van der Waals surface area contributed by atoms with Gasteiger partial charge in [-0.15, -0.1) is 0 Å². The smallest absolute Gasteiger partial charge is 0.145 e. The van der Waals surface area contributed by atoms with Crippen molar-refractivity contribution in [1.29, 1.82) is 0 Å². The molecule has 0 bridgehead atoms. The van der Waals surface area contributed by atoms with E-state index in [1.807, 2.05) is 12.1 Å². The zero-order valence-electron chi connectivity index (χ0n) is 15.2. The summed E-state index contributed by atoms with van der Waals surface area (Å²) in [5.74, 6) is 1.84. The Balaban J connectivity index is 1.55. The molecule has 0 aromatic heterocycles. The van der Waals surface area contributed by atoms with Crippen LogP contribution in [0.3, 0.4) is 0 Å². The molecule has 2 N–H and O–H groups in total. The Morgan fingerprint density at radius 2 is 1.96 bits per heavy atom. The highest BCUT2D eigenvalue weighted by Gasteiger charge is 2.24. The molecule has 1 aliphatic heterocycles. The predicted molar refractivity (Wildman–Crippen MR) is 104 cm³/mol. The average molecular weight is 340 g/mol. The van der Waals surface area contributed by atoms with Crippen molar-refractivity contribution in [3.63, 3.8) is 0 Å². The number of benzene rings is 2. The van der Waals surface area contributed by atoms with Crippen LogP contribution in [0, 0.1) is 0 Å². The summed E-state index contributed by atoms with van der Waals surface area (Å²) in [4.78, 5) is 2.38. The van der Waals surface area contributed by atoms with E-state index >= 15 is 0 Å². The number of rotatable bonds is 7. The topological polar surface area (TPSA) is 47.7 Å². The molecule has 3 rings (SSSR count). The monoisotopic (exact) mass is 340 g/mol. The number of fused-ring (bicyclic) bond motifs is 1. The molecule has 0 amide bonds. The molecule has 0 fully saturated rings. The summed E-state index contributed by atoms with van der Waals surface area (Å²) in [6.07, 6.45) is 3.23. The Morgan fingerprint density at radius 1 is 1.16 bits per heavy atom. The van der Waals surface area contributed by atoms with Gasteiger partial charge in [-0.1, -0.05) is 26.0 Å². The number of hydrogen-bond acceptors (Lipinski definition) is 4. The normalized spacial score (nSPS) is 16.2. The molecule has 134 valence electrons. The molecule has 4 nitrogen and oxygen atoms in total. The number of nitrogens with zero attached hydrogens (tertiary/aromatic N) is 1. The first kappa shape index (κ1) is 17.5. The number of nitrogens with two attached hydrogens (primary N) is 1. The van der Waals surface area contributed by atoms with E-state index in [9.17, 15) is 0 Å². The fourth-order valence-corrected chi connectivity index (χ4v) is 3.14. The van der Waals surface area contributed by atoms with Crippen LogP contribution in [0.25, 0.3) is 0 Å². The molecule has 1 aliphatic rings. The van der Waals surface area contributed by atoms with Gasteiger partial charge in [0.25, 0.3) is 0 Å². The molecule has 1 unspecified atom stereocenters. The highest BCUT2D eigenvalue weighted by atomic mass is 16.5. The molecule has 1 atom stereocenters. The van der Waals surface area contributed by atoms with Crippen molar-refractivity contribution in [2.45, 2.75) is 39.2 Å². The lowest BCUT2D eigenvalue weighted by molar-refractivity contribution is 0.188. The average Bonchev–Trinajstić information content (AvgIpc) is 2.65. The van der Waals surface area contributed by atoms with Crippen molar-refractivity contribution < 1.29 is 9.47 Å². The van der Waals surface area contributed by atoms with Gasteiger partial charge < -0.3 is 20.1 Å². The third kappa shape index (κ3) is 4.38. The molecular weight excluding hydrogens is 312 g/mol. The van der Waals surface area contributed by atoms with Crippen molar-refractivity contribution in [1.82, 2.24) is 0 Å². The zero-order chi connectivity index (χ0) is 17.6. The summed E-state index contributed by atoms with van der Waals surface area (Å²) in [6.45, 7) is 6.89. The van der Waals surface area contributed by atoms with Gasteiger partial charge >= 0.3 is 0 Å². The van der Waals surface area contributed by atoms with Gasteiger partial charge in [0, 0.05) is 18.3 Å². The molecule has 1 heterocycles. The van der Waals surface area contributed by atoms with Crippen LogP contribution in [-0.4, -0.2) is 25.8 Å². The van der Waals surface area contributed by atoms with Gasteiger partial charge in [0.05, 0.1) is 18.8 Å². The van der Waals surface area contributed by atoms with Gasteiger partial charge in [-0.3, -0.25) is 0 Å². The lowest BCUT2D eigenvalue weighted by atomic mass is 10.1. The fourth-order valence-electron chi connectivity index (χ4n) is 3.14. The van der Waals surface area contributed by atoms with E-state index in [1.165, 1.54) is 5.56 Å². The van der Waals surface area contributed by atoms with Gasteiger partial charge in [-0.25, -0.2) is 0 Å². The van der Waals surface area contributed by atoms with E-state index < -0.39 is 0 Å². The van der Waals surface area contributed by atoms with Crippen molar-refractivity contribution in [3.05, 3.63) is 48.0 Å². The van der Waals surface area contributed by atoms with Crippen LogP contribution in [0.5, 0.6) is 11.5 Å². The van der Waals surface area contributed by atoms with Crippen LogP contribution in [0.2, 0.25) is 0 Å². The highest BCUT2D eigenvalue weighted by molar-refractivity contribution is 5.65. The third-order valence-electron chi connectivity index (χ3n) is 4.67. The first-order chi connectivity index (χ1) is 12.2. The number of aryl methyl sites for hydroxylation is 1. The summed E-state index contributed by atoms with van der Waals surface area (Å²) in [5.41, 5.74) is 9.11. The number of ether oxygens (including phenoxy) is 2. The number of hydrogen-bond donors (Lipinski definition) is 1. The Morgan fingerprint density at radius 3 is 2.68 bits per heavy atom. The van der Waals surface area contributed by atoms with Crippen LogP contribution in [-0.2, 0) is 6.42 Å². The molecule has 4 heteroatoms. The second-order valence-electron chi connectivity index (χ2n) is 6.52. The van der Waals surface area contributed by atoms with Crippen molar-refractivity contribution in [3.8, 4) is 11.5 Å². The molecule has 0 saturated heterocycles. The van der Waals surface area contributed by atoms with Gasteiger partial charge in [-0.2, -0.15) is 0 Å². The van der Waals surface area contributed by atoms with Gasteiger partial charge in [0.1, 0.15) is 17.6 Å². The van der Waals surface area contributed by atoms with Crippen molar-refractivity contribution >= 4 is 11.4 Å². The summed E-state index contributed by atoms with van der Waals surface area (Å²) in [6, 6.07) is 14.3. The largest absolute Gasteiger partial charge is 0.494 e. The highest BCUT2D eigenvalue weighted by Crippen LogP contribution is 2.35. The second-order valence-corrected chi connectivity index (χ2v) is 6.52. The Bertz CT molecular complexity index is 685. The quantitative estimate of drug-likeness (QED) is 0.604. The van der Waals surface area contributed by atoms with E-state index in [1.54, 1.807) is 0 Å². The van der Waals surface area contributed by atoms with Gasteiger partial charge in [0.2, 0.25) is 0 Å². The minimum atomic E-state index is 0.219. The maximum absolute atomic E-state index is 6.04. The summed E-state index contributed by atoms with van der Waals surface area (Å²) in [5, 5.41) is 0. The summed E-state index contributed by atoms with van der Waals surface area (Å²) in [7, 11) is 0. The first-order valence-corrected chi connectivity index (χ1v) is 9.22. The number of anilines is 2. The van der Waals surface area contributed by atoms with Crippen molar-refractivity contribution in [2.24, 2.45) is 0 Å². The molecule has 25 heavy (non-hydrogen) atoms. The van der Waals surface area contributed by atoms with Crippen LogP contribution in [0.1, 0.15) is 32.3 Å². The molecule has 0 aliphatic carbocycles. The van der Waals surface area contributed by atoms with E-state index in [-0.39, 0.29) is 6.10 Å². The maximum Gasteiger partial charge on any atom is 0.145 e. The predicted octanol–water partition coefficient (Wildman–Crippen LogP) is 4.28. The molecule has 0 saturated carbocycles. The maximum atomic E-state index is 6.04. The fraction of sp³-hybridized carbons (Fsp3) is 0.429. The van der Waals surface area contributed by atoms with Crippen molar-refractivity contribution in [2.75, 3.05) is 30.3 Å². The van der Waals surface area contributed by atoms with E-state index in [0.29, 0.717) is 6.61 Å². The zero-order valence-corrected chi connectivity index (χ0v) is 15.2. The lowest BCUT2D eigenvalue weighted by Gasteiger charge is -2.36. The molecule has 0 radical (unpaired) electrons. The van der Waals surface area contributed by atoms with E-state index in [4.69, 9.17) is 15.2 Å². The first-order valence-electron chi connectivity index (χ1n) is 9.22. The summed E-state index contributed by atoms with van der Waals surface area (Å²) < 4.78 is 11.9. The van der Waals surface area contributed by atoms with E-state index in [0.717, 1.165) is 55.2 Å². The molecule has 2 aromatic carbocycles. The van der Waals surface area contributed by atoms with Gasteiger partial charge in [-0.05, 0) is 49.1 Å². The van der Waals surface area contributed by atoms with Crippen LogP contribution >= 0.6 is 0 Å². The Kier molecular flexibility index (Phi) is 5.69. The molecule has 0 spiro atoms. The second kappa shape index (κ2) is 8.15.